The van der Waals surface area contributed by atoms with Gasteiger partial charge in [-0.15, -0.1) is 0 Å². The highest BCUT2D eigenvalue weighted by atomic mass is 16.1. The third-order valence-electron chi connectivity index (χ3n) is 4.34. The molecule has 20 heavy (non-hydrogen) atoms. The van der Waals surface area contributed by atoms with Gasteiger partial charge in [0.05, 0.1) is 6.07 Å². The van der Waals surface area contributed by atoms with Crippen LogP contribution in [-0.2, 0) is 0 Å². The summed E-state index contributed by atoms with van der Waals surface area (Å²) in [7, 11) is 0. The molecule has 0 atom stereocenters. The molecule has 102 valence electrons. The van der Waals surface area contributed by atoms with Crippen LogP contribution in [0.5, 0.6) is 0 Å². The molecule has 2 N–H and O–H groups in total. The van der Waals surface area contributed by atoms with Crippen LogP contribution in [0.3, 0.4) is 0 Å². The maximum absolute atomic E-state index is 12.3. The SMILES string of the molecule is Cc1[nH]c2ccc(C(=O)NC3(C#N)CCC3)cc2c1C. The number of aromatic nitrogens is 1. The van der Waals surface area contributed by atoms with Gasteiger partial charge in [0.25, 0.3) is 5.91 Å². The van der Waals surface area contributed by atoms with E-state index in [0.29, 0.717) is 5.56 Å². The van der Waals surface area contributed by atoms with Crippen molar-refractivity contribution in [2.75, 3.05) is 0 Å². The third kappa shape index (κ3) is 1.87. The summed E-state index contributed by atoms with van der Waals surface area (Å²) in [6, 6.07) is 7.85. The lowest BCUT2D eigenvalue weighted by atomic mass is 9.78. The minimum Gasteiger partial charge on any atom is -0.358 e. The quantitative estimate of drug-likeness (QED) is 0.878. The van der Waals surface area contributed by atoms with Crippen LogP contribution in [0.25, 0.3) is 10.9 Å². The van der Waals surface area contributed by atoms with E-state index in [1.54, 1.807) is 6.07 Å². The van der Waals surface area contributed by atoms with Crippen molar-refractivity contribution < 1.29 is 4.79 Å². The summed E-state index contributed by atoms with van der Waals surface area (Å²) in [5, 5.41) is 13.1. The zero-order valence-electron chi connectivity index (χ0n) is 11.7. The molecular weight excluding hydrogens is 250 g/mol. The molecule has 1 amide bonds. The highest BCUT2D eigenvalue weighted by molar-refractivity contribution is 5.99. The first kappa shape index (κ1) is 12.7. The predicted molar refractivity (Wildman–Crippen MR) is 77.4 cm³/mol. The number of nitriles is 1. The van der Waals surface area contributed by atoms with Crippen LogP contribution >= 0.6 is 0 Å². The zero-order valence-corrected chi connectivity index (χ0v) is 11.7. The molecule has 1 heterocycles. The smallest absolute Gasteiger partial charge is 0.252 e. The van der Waals surface area contributed by atoms with E-state index >= 15 is 0 Å². The Bertz CT molecular complexity index is 732. The molecule has 0 unspecified atom stereocenters. The van der Waals surface area contributed by atoms with E-state index < -0.39 is 5.54 Å². The van der Waals surface area contributed by atoms with Gasteiger partial charge < -0.3 is 10.3 Å². The van der Waals surface area contributed by atoms with E-state index in [1.807, 2.05) is 26.0 Å². The number of benzene rings is 1. The van der Waals surface area contributed by atoms with Crippen molar-refractivity contribution in [1.29, 1.82) is 5.26 Å². The van der Waals surface area contributed by atoms with Crippen molar-refractivity contribution in [3.8, 4) is 6.07 Å². The number of hydrogen-bond donors (Lipinski definition) is 2. The van der Waals surface area contributed by atoms with Gasteiger partial charge in [0.1, 0.15) is 5.54 Å². The summed E-state index contributed by atoms with van der Waals surface area (Å²) in [5.41, 5.74) is 3.28. The minimum absolute atomic E-state index is 0.161. The summed E-state index contributed by atoms with van der Waals surface area (Å²) >= 11 is 0. The molecule has 0 bridgehead atoms. The summed E-state index contributed by atoms with van der Waals surface area (Å²) in [6.07, 6.45) is 2.50. The minimum atomic E-state index is -0.644. The Hall–Kier alpha value is -2.28. The van der Waals surface area contributed by atoms with E-state index in [2.05, 4.69) is 16.4 Å². The van der Waals surface area contributed by atoms with Gasteiger partial charge in [-0.05, 0) is 56.9 Å². The molecule has 1 aliphatic rings. The molecule has 1 aliphatic carbocycles. The van der Waals surface area contributed by atoms with Crippen molar-refractivity contribution in [1.82, 2.24) is 10.3 Å². The van der Waals surface area contributed by atoms with Crippen LogP contribution in [0.2, 0.25) is 0 Å². The number of nitrogens with one attached hydrogen (secondary N) is 2. The standard InChI is InChI=1S/C16H17N3O/c1-10-11(2)18-14-5-4-12(8-13(10)14)15(20)19-16(9-17)6-3-7-16/h4-5,8,18H,3,6-7H2,1-2H3,(H,19,20). The molecule has 0 spiro atoms. The first-order chi connectivity index (χ1) is 9.54. The maximum Gasteiger partial charge on any atom is 0.252 e. The highest BCUT2D eigenvalue weighted by Crippen LogP contribution is 2.31. The van der Waals surface area contributed by atoms with Crippen LogP contribution in [0.4, 0.5) is 0 Å². The second-order valence-corrected chi connectivity index (χ2v) is 5.64. The van der Waals surface area contributed by atoms with Crippen molar-refractivity contribution in [2.24, 2.45) is 0 Å². The Morgan fingerprint density at radius 2 is 2.15 bits per heavy atom. The van der Waals surface area contributed by atoms with Crippen molar-refractivity contribution in [2.45, 2.75) is 38.6 Å². The number of carbonyl (C=O) groups excluding carboxylic acids is 1. The first-order valence-electron chi connectivity index (χ1n) is 6.87. The van der Waals surface area contributed by atoms with E-state index in [1.165, 1.54) is 0 Å². The Labute approximate surface area is 117 Å². The number of nitrogens with zero attached hydrogens (tertiary/aromatic N) is 1. The number of aryl methyl sites for hydroxylation is 2. The number of rotatable bonds is 2. The Balaban J connectivity index is 1.92. The molecular formula is C16H17N3O. The van der Waals surface area contributed by atoms with Gasteiger partial charge in [0.2, 0.25) is 0 Å². The molecule has 4 heteroatoms. The van der Waals surface area contributed by atoms with Crippen LogP contribution < -0.4 is 5.32 Å². The van der Waals surface area contributed by atoms with E-state index in [4.69, 9.17) is 0 Å². The predicted octanol–water partition coefficient (Wildman–Crippen LogP) is 2.96. The van der Waals surface area contributed by atoms with Gasteiger partial charge in [0.15, 0.2) is 0 Å². The van der Waals surface area contributed by atoms with E-state index in [-0.39, 0.29) is 5.91 Å². The Morgan fingerprint density at radius 3 is 2.75 bits per heavy atom. The average molecular weight is 267 g/mol. The van der Waals surface area contributed by atoms with E-state index in [0.717, 1.165) is 41.4 Å². The van der Waals surface area contributed by atoms with Crippen LogP contribution in [-0.4, -0.2) is 16.4 Å². The molecule has 4 nitrogen and oxygen atoms in total. The molecule has 1 aromatic heterocycles. The monoisotopic (exact) mass is 267 g/mol. The summed E-state index contributed by atoms with van der Waals surface area (Å²) in [5.74, 6) is -0.161. The fraction of sp³-hybridized carbons (Fsp3) is 0.375. The maximum atomic E-state index is 12.3. The highest BCUT2D eigenvalue weighted by Gasteiger charge is 2.38. The topological polar surface area (TPSA) is 68.7 Å². The van der Waals surface area contributed by atoms with Crippen molar-refractivity contribution in [3.05, 3.63) is 35.0 Å². The molecule has 1 aromatic carbocycles. The van der Waals surface area contributed by atoms with Gasteiger partial charge in [-0.3, -0.25) is 4.79 Å². The molecule has 1 saturated carbocycles. The number of amides is 1. The summed E-state index contributed by atoms with van der Waals surface area (Å²) in [4.78, 5) is 15.6. The average Bonchev–Trinajstić information content (AvgIpc) is 2.69. The normalized spacial score (nSPS) is 16.4. The second kappa shape index (κ2) is 4.38. The van der Waals surface area contributed by atoms with Gasteiger partial charge in [-0.2, -0.15) is 5.26 Å². The summed E-state index contributed by atoms with van der Waals surface area (Å²) in [6.45, 7) is 4.06. The Kier molecular flexibility index (Phi) is 2.79. The molecule has 0 radical (unpaired) electrons. The van der Waals surface area contributed by atoms with Gasteiger partial charge in [-0.25, -0.2) is 0 Å². The molecule has 0 saturated heterocycles. The Morgan fingerprint density at radius 1 is 1.40 bits per heavy atom. The lowest BCUT2D eigenvalue weighted by Crippen LogP contribution is -2.52. The van der Waals surface area contributed by atoms with Crippen LogP contribution in [0.1, 0.15) is 40.9 Å². The fourth-order valence-corrected chi connectivity index (χ4v) is 2.69. The zero-order chi connectivity index (χ0) is 14.3. The first-order valence-corrected chi connectivity index (χ1v) is 6.87. The molecule has 3 rings (SSSR count). The van der Waals surface area contributed by atoms with Crippen LogP contribution in [0, 0.1) is 25.2 Å². The van der Waals surface area contributed by atoms with Gasteiger partial charge in [-0.1, -0.05) is 0 Å². The van der Waals surface area contributed by atoms with E-state index in [9.17, 15) is 10.1 Å². The number of H-pyrrole nitrogens is 1. The van der Waals surface area contributed by atoms with Gasteiger partial charge >= 0.3 is 0 Å². The lowest BCUT2D eigenvalue weighted by Gasteiger charge is -2.35. The van der Waals surface area contributed by atoms with Crippen molar-refractivity contribution >= 4 is 16.8 Å². The molecule has 1 fully saturated rings. The molecule has 0 aliphatic heterocycles. The largest absolute Gasteiger partial charge is 0.358 e. The third-order valence-corrected chi connectivity index (χ3v) is 4.34. The summed E-state index contributed by atoms with van der Waals surface area (Å²) < 4.78 is 0. The van der Waals surface area contributed by atoms with Crippen LogP contribution in [0.15, 0.2) is 18.2 Å². The number of aromatic amines is 1. The fourth-order valence-electron chi connectivity index (χ4n) is 2.69. The number of carbonyl (C=O) groups is 1. The lowest BCUT2D eigenvalue weighted by molar-refractivity contribution is 0.0881. The number of fused-ring (bicyclic) bond motifs is 1. The van der Waals surface area contributed by atoms with Crippen molar-refractivity contribution in [3.63, 3.8) is 0 Å². The number of hydrogen-bond acceptors (Lipinski definition) is 2. The second-order valence-electron chi connectivity index (χ2n) is 5.64. The molecule has 2 aromatic rings. The van der Waals surface area contributed by atoms with Gasteiger partial charge in [0, 0.05) is 22.2 Å².